The molecular formula is C17H18N4O. The zero-order valence-electron chi connectivity index (χ0n) is 12.9. The fourth-order valence-electron chi connectivity index (χ4n) is 2.47. The molecule has 2 aromatic carbocycles. The second-order valence-corrected chi connectivity index (χ2v) is 5.25. The molecule has 0 bridgehead atoms. The Hall–Kier alpha value is -2.82. The van der Waals surface area contributed by atoms with Gasteiger partial charge >= 0.3 is 0 Å². The van der Waals surface area contributed by atoms with Crippen molar-refractivity contribution in [3.63, 3.8) is 0 Å². The molecule has 1 heterocycles. The second-order valence-electron chi connectivity index (χ2n) is 5.25. The lowest BCUT2D eigenvalue weighted by Gasteiger charge is -2.07. The van der Waals surface area contributed by atoms with E-state index in [1.807, 2.05) is 43.3 Å². The first-order valence-electron chi connectivity index (χ1n) is 7.03. The van der Waals surface area contributed by atoms with E-state index in [4.69, 9.17) is 10.5 Å². The number of benzene rings is 2. The second kappa shape index (κ2) is 5.52. The van der Waals surface area contributed by atoms with Gasteiger partial charge in [-0.15, -0.1) is 5.10 Å². The van der Waals surface area contributed by atoms with Crippen LogP contribution in [-0.4, -0.2) is 22.1 Å². The van der Waals surface area contributed by atoms with Gasteiger partial charge in [-0.2, -0.15) is 4.68 Å². The first-order valence-corrected chi connectivity index (χ1v) is 7.03. The molecule has 0 spiro atoms. The van der Waals surface area contributed by atoms with Crippen LogP contribution in [0.4, 0.5) is 5.82 Å². The zero-order chi connectivity index (χ0) is 15.7. The maximum Gasteiger partial charge on any atom is 0.155 e. The van der Waals surface area contributed by atoms with Crippen molar-refractivity contribution < 1.29 is 4.74 Å². The summed E-state index contributed by atoms with van der Waals surface area (Å²) in [5.41, 5.74) is 11.1. The Morgan fingerprint density at radius 2 is 1.77 bits per heavy atom. The first kappa shape index (κ1) is 14.1. The molecule has 2 N–H and O–H groups in total. The van der Waals surface area contributed by atoms with Crippen LogP contribution in [0, 0.1) is 13.8 Å². The smallest absolute Gasteiger partial charge is 0.155 e. The van der Waals surface area contributed by atoms with Crippen LogP contribution in [0.5, 0.6) is 5.75 Å². The van der Waals surface area contributed by atoms with Gasteiger partial charge in [0.1, 0.15) is 11.4 Å². The number of anilines is 1. The Balaban J connectivity index is 2.04. The molecular weight excluding hydrogens is 276 g/mol. The van der Waals surface area contributed by atoms with Crippen LogP contribution >= 0.6 is 0 Å². The van der Waals surface area contributed by atoms with Gasteiger partial charge in [-0.3, -0.25) is 0 Å². The molecule has 5 nitrogen and oxygen atoms in total. The molecule has 0 unspecified atom stereocenters. The number of nitrogens with zero attached hydrogens (tertiary/aromatic N) is 3. The maximum atomic E-state index is 6.25. The monoisotopic (exact) mass is 294 g/mol. The Bertz CT molecular complexity index is 806. The van der Waals surface area contributed by atoms with E-state index < -0.39 is 0 Å². The summed E-state index contributed by atoms with van der Waals surface area (Å²) in [6, 6.07) is 13.7. The lowest BCUT2D eigenvalue weighted by Crippen LogP contribution is -2.02. The molecule has 5 heteroatoms. The van der Waals surface area contributed by atoms with E-state index in [-0.39, 0.29) is 0 Å². The predicted molar refractivity (Wildman–Crippen MR) is 87.2 cm³/mol. The number of aromatic nitrogens is 3. The normalized spacial score (nSPS) is 10.7. The molecule has 0 radical (unpaired) electrons. The van der Waals surface area contributed by atoms with E-state index in [0.717, 1.165) is 22.6 Å². The van der Waals surface area contributed by atoms with Crippen molar-refractivity contribution in [3.05, 3.63) is 53.6 Å². The Labute approximate surface area is 129 Å². The maximum absolute atomic E-state index is 6.25. The molecule has 0 saturated heterocycles. The van der Waals surface area contributed by atoms with Crippen molar-refractivity contribution in [2.24, 2.45) is 0 Å². The van der Waals surface area contributed by atoms with Crippen LogP contribution in [0.25, 0.3) is 16.9 Å². The summed E-state index contributed by atoms with van der Waals surface area (Å²) in [5, 5.41) is 8.43. The molecule has 3 rings (SSSR count). The Morgan fingerprint density at radius 3 is 2.41 bits per heavy atom. The predicted octanol–water partition coefficient (Wildman–Crippen LogP) is 3.14. The summed E-state index contributed by atoms with van der Waals surface area (Å²) in [6.07, 6.45) is 0. The standard InChI is InChI=1S/C17H18N4O/c1-11-4-9-15(12(2)10-11)16-17(18)21(20-19-16)13-5-7-14(22-3)8-6-13/h4-10H,18H2,1-3H3. The molecule has 112 valence electrons. The summed E-state index contributed by atoms with van der Waals surface area (Å²) in [4.78, 5) is 0. The average molecular weight is 294 g/mol. The third kappa shape index (κ3) is 2.41. The van der Waals surface area contributed by atoms with Crippen LogP contribution in [-0.2, 0) is 0 Å². The summed E-state index contributed by atoms with van der Waals surface area (Å²) in [7, 11) is 1.64. The minimum absolute atomic E-state index is 0.525. The van der Waals surface area contributed by atoms with Crippen molar-refractivity contribution >= 4 is 5.82 Å². The molecule has 0 amide bonds. The van der Waals surface area contributed by atoms with Gasteiger partial charge in [0.25, 0.3) is 0 Å². The number of nitrogen functional groups attached to an aromatic ring is 1. The number of rotatable bonds is 3. The number of hydrogen-bond donors (Lipinski definition) is 1. The third-order valence-corrected chi connectivity index (χ3v) is 3.66. The van der Waals surface area contributed by atoms with E-state index in [0.29, 0.717) is 11.5 Å². The van der Waals surface area contributed by atoms with E-state index in [1.54, 1.807) is 11.8 Å². The first-order chi connectivity index (χ1) is 10.6. The molecule has 3 aromatic rings. The average Bonchev–Trinajstić information content (AvgIpc) is 2.89. The van der Waals surface area contributed by atoms with Crippen molar-refractivity contribution in [2.45, 2.75) is 13.8 Å². The van der Waals surface area contributed by atoms with Crippen LogP contribution in [0.15, 0.2) is 42.5 Å². The van der Waals surface area contributed by atoms with Gasteiger partial charge in [0.05, 0.1) is 12.8 Å². The highest BCUT2D eigenvalue weighted by atomic mass is 16.5. The lowest BCUT2D eigenvalue weighted by atomic mass is 10.0. The van der Waals surface area contributed by atoms with Gasteiger partial charge < -0.3 is 10.5 Å². The van der Waals surface area contributed by atoms with E-state index >= 15 is 0 Å². The fraction of sp³-hybridized carbons (Fsp3) is 0.176. The van der Waals surface area contributed by atoms with Crippen LogP contribution in [0.1, 0.15) is 11.1 Å². The van der Waals surface area contributed by atoms with Crippen molar-refractivity contribution in [1.29, 1.82) is 0 Å². The highest BCUT2D eigenvalue weighted by Crippen LogP contribution is 2.28. The largest absolute Gasteiger partial charge is 0.497 e. The van der Waals surface area contributed by atoms with Crippen molar-refractivity contribution in [3.8, 4) is 22.7 Å². The Morgan fingerprint density at radius 1 is 1.05 bits per heavy atom. The highest BCUT2D eigenvalue weighted by molar-refractivity contribution is 5.73. The SMILES string of the molecule is COc1ccc(-n2nnc(-c3ccc(C)cc3C)c2N)cc1. The zero-order valence-corrected chi connectivity index (χ0v) is 12.9. The molecule has 0 atom stereocenters. The van der Waals surface area contributed by atoms with Crippen molar-refractivity contribution in [2.75, 3.05) is 12.8 Å². The van der Waals surface area contributed by atoms with Gasteiger partial charge in [0, 0.05) is 5.56 Å². The molecule has 0 aliphatic heterocycles. The molecule has 0 saturated carbocycles. The summed E-state index contributed by atoms with van der Waals surface area (Å²) >= 11 is 0. The van der Waals surface area contributed by atoms with Crippen LogP contribution in [0.3, 0.4) is 0 Å². The number of ether oxygens (including phenoxy) is 1. The lowest BCUT2D eigenvalue weighted by molar-refractivity contribution is 0.414. The van der Waals surface area contributed by atoms with Crippen molar-refractivity contribution in [1.82, 2.24) is 15.0 Å². The van der Waals surface area contributed by atoms with Crippen LogP contribution in [0.2, 0.25) is 0 Å². The van der Waals surface area contributed by atoms with Gasteiger partial charge in [-0.25, -0.2) is 0 Å². The van der Waals surface area contributed by atoms with Gasteiger partial charge in [-0.1, -0.05) is 29.0 Å². The minimum Gasteiger partial charge on any atom is -0.497 e. The number of aryl methyl sites for hydroxylation is 2. The van der Waals surface area contributed by atoms with E-state index in [9.17, 15) is 0 Å². The fourth-order valence-corrected chi connectivity index (χ4v) is 2.47. The van der Waals surface area contributed by atoms with E-state index in [2.05, 4.69) is 23.3 Å². The molecule has 22 heavy (non-hydrogen) atoms. The number of nitrogens with two attached hydrogens (primary N) is 1. The summed E-state index contributed by atoms with van der Waals surface area (Å²) in [5.74, 6) is 1.31. The molecule has 0 fully saturated rings. The molecule has 0 aliphatic rings. The summed E-state index contributed by atoms with van der Waals surface area (Å²) in [6.45, 7) is 4.11. The third-order valence-electron chi connectivity index (χ3n) is 3.66. The topological polar surface area (TPSA) is 66.0 Å². The summed E-state index contributed by atoms with van der Waals surface area (Å²) < 4.78 is 6.79. The van der Waals surface area contributed by atoms with Gasteiger partial charge in [0.2, 0.25) is 0 Å². The molecule has 1 aromatic heterocycles. The van der Waals surface area contributed by atoms with Gasteiger partial charge in [-0.05, 0) is 43.7 Å². The highest BCUT2D eigenvalue weighted by Gasteiger charge is 2.14. The van der Waals surface area contributed by atoms with Gasteiger partial charge in [0.15, 0.2) is 5.82 Å². The number of methoxy groups -OCH3 is 1. The Kier molecular flexibility index (Phi) is 3.55. The molecule has 0 aliphatic carbocycles. The quantitative estimate of drug-likeness (QED) is 0.806. The van der Waals surface area contributed by atoms with Crippen LogP contribution < -0.4 is 10.5 Å². The van der Waals surface area contributed by atoms with E-state index in [1.165, 1.54) is 5.56 Å². The number of hydrogen-bond acceptors (Lipinski definition) is 4. The minimum atomic E-state index is 0.525.